The first kappa shape index (κ1) is 25.7. The molecule has 0 aliphatic heterocycles. The Hall–Kier alpha value is -1.53. The molecule has 2 rings (SSSR count). The fourth-order valence-corrected chi connectivity index (χ4v) is 4.95. The molecule has 2 aromatic rings. The molecule has 0 radical (unpaired) electrons. The summed E-state index contributed by atoms with van der Waals surface area (Å²) in [5, 5.41) is 0. The molecule has 0 aliphatic rings. The minimum atomic E-state index is -4.65. The van der Waals surface area contributed by atoms with Crippen LogP contribution in [0, 0.1) is 26.6 Å². The summed E-state index contributed by atoms with van der Waals surface area (Å²) in [6.07, 6.45) is -9.75. The summed E-state index contributed by atoms with van der Waals surface area (Å²) in [6.45, 7) is 4.86. The van der Waals surface area contributed by atoms with Gasteiger partial charge in [-0.05, 0) is 50.9 Å². The second-order valence-corrected chi connectivity index (χ2v) is 9.59. The summed E-state index contributed by atoms with van der Waals surface area (Å²) in [6, 6.07) is 2.14. The highest BCUT2D eigenvalue weighted by atomic mass is 32.2. The van der Waals surface area contributed by atoms with Gasteiger partial charge in [0.15, 0.2) is 9.70 Å². The minimum Gasteiger partial charge on any atom is -0.611 e. The number of aromatic nitrogens is 1. The van der Waals surface area contributed by atoms with E-state index in [1.807, 2.05) is 0 Å². The van der Waals surface area contributed by atoms with Crippen LogP contribution in [0.2, 0.25) is 0 Å². The Morgan fingerprint density at radius 3 is 2.26 bits per heavy atom. The van der Waals surface area contributed by atoms with Gasteiger partial charge in [0.25, 0.3) is 0 Å². The van der Waals surface area contributed by atoms with Crippen molar-refractivity contribution in [2.45, 2.75) is 57.3 Å². The molecule has 1 atom stereocenters. The van der Waals surface area contributed by atoms with Gasteiger partial charge in [-0.2, -0.15) is 26.3 Å². The van der Waals surface area contributed by atoms with Gasteiger partial charge >= 0.3 is 12.4 Å². The maximum Gasteiger partial charge on any atom is 0.433 e. The summed E-state index contributed by atoms with van der Waals surface area (Å²) >= 11 is -1.23. The molecule has 0 spiro atoms. The summed E-state index contributed by atoms with van der Waals surface area (Å²) in [4.78, 5) is 5.19. The zero-order chi connectivity index (χ0) is 23.6. The van der Waals surface area contributed by atoms with E-state index in [9.17, 15) is 35.3 Å². The van der Waals surface area contributed by atoms with Gasteiger partial charge in [0.05, 0.1) is 5.69 Å². The highest BCUT2D eigenvalue weighted by molar-refractivity contribution is 7.91. The highest BCUT2D eigenvalue weighted by Gasteiger charge is 2.36. The van der Waals surface area contributed by atoms with E-state index in [0.717, 1.165) is 17.0 Å². The van der Waals surface area contributed by atoms with E-state index in [0.29, 0.717) is 10.5 Å². The van der Waals surface area contributed by atoms with Crippen LogP contribution >= 0.6 is 11.3 Å². The van der Waals surface area contributed by atoms with Gasteiger partial charge in [0.1, 0.15) is 5.82 Å². The van der Waals surface area contributed by atoms with Gasteiger partial charge < -0.3 is 4.55 Å². The van der Waals surface area contributed by atoms with Crippen LogP contribution < -0.4 is 4.80 Å². The summed E-state index contributed by atoms with van der Waals surface area (Å²) in [7, 11) is 0. The fourth-order valence-electron chi connectivity index (χ4n) is 2.84. The van der Waals surface area contributed by atoms with E-state index >= 15 is 0 Å². The molecule has 1 aromatic carbocycles. The molecule has 1 heterocycles. The third-order valence-corrected chi connectivity index (χ3v) is 7.04. The van der Waals surface area contributed by atoms with E-state index in [1.165, 1.54) is 22.8 Å². The molecule has 0 aliphatic carbocycles. The highest BCUT2D eigenvalue weighted by Crippen LogP contribution is 2.29. The molecule has 3 nitrogen and oxygen atoms in total. The van der Waals surface area contributed by atoms with Crippen LogP contribution in [0.25, 0.3) is 5.69 Å². The second-order valence-electron chi connectivity index (χ2n) is 6.99. The number of aryl methyl sites for hydroxylation is 2. The van der Waals surface area contributed by atoms with Crippen molar-refractivity contribution in [3.05, 3.63) is 38.9 Å². The Morgan fingerprint density at radius 1 is 1.03 bits per heavy atom. The number of thiazole rings is 1. The van der Waals surface area contributed by atoms with E-state index in [2.05, 4.69) is 4.99 Å². The van der Waals surface area contributed by atoms with Gasteiger partial charge in [0.2, 0.25) is 5.75 Å². The monoisotopic (exact) mass is 490 g/mol. The van der Waals surface area contributed by atoms with Crippen LogP contribution in [0.4, 0.5) is 30.7 Å². The molecule has 0 saturated carbocycles. The van der Waals surface area contributed by atoms with Crippen LogP contribution in [0.3, 0.4) is 0 Å². The molecular weight excluding hydrogens is 469 g/mol. The van der Waals surface area contributed by atoms with Gasteiger partial charge in [-0.3, -0.25) is 9.56 Å². The summed E-state index contributed by atoms with van der Waals surface area (Å²) < 4.78 is 103. The molecule has 0 fully saturated rings. The Morgan fingerprint density at radius 2 is 1.68 bits per heavy atom. The molecule has 174 valence electrons. The lowest BCUT2D eigenvalue weighted by Gasteiger charge is -2.17. The van der Waals surface area contributed by atoms with E-state index in [-0.39, 0.29) is 35.5 Å². The van der Waals surface area contributed by atoms with Crippen molar-refractivity contribution >= 4 is 22.5 Å². The quantitative estimate of drug-likeness (QED) is 0.270. The van der Waals surface area contributed by atoms with E-state index in [4.69, 9.17) is 0 Å². The van der Waals surface area contributed by atoms with Crippen molar-refractivity contribution < 1.29 is 35.3 Å². The number of hydrogen-bond acceptors (Lipinski definition) is 3. The molecular formula is C19H21F7N2OS2. The molecule has 0 amide bonds. The zero-order valence-electron chi connectivity index (χ0n) is 17.0. The fraction of sp³-hybridized carbons (Fsp3) is 0.526. The third-order valence-electron chi connectivity index (χ3n) is 4.42. The lowest BCUT2D eigenvalue weighted by atomic mass is 10.2. The number of alkyl halides is 6. The number of nitrogens with zero attached hydrogens (tertiary/aromatic N) is 2. The smallest absolute Gasteiger partial charge is 0.433 e. The van der Waals surface area contributed by atoms with Crippen molar-refractivity contribution in [3.8, 4) is 5.69 Å². The predicted octanol–water partition coefficient (Wildman–Crippen LogP) is 5.91. The second kappa shape index (κ2) is 9.95. The largest absolute Gasteiger partial charge is 0.611 e. The lowest BCUT2D eigenvalue weighted by Crippen LogP contribution is -2.24. The van der Waals surface area contributed by atoms with E-state index < -0.39 is 41.5 Å². The molecule has 0 bridgehead atoms. The van der Waals surface area contributed by atoms with Crippen molar-refractivity contribution in [1.82, 2.24) is 4.57 Å². The standard InChI is InChI=1S/C19H21F7N2OS2/c1-11-8-14(20)15(9-16(11)31(29)10-19(24,25)26)28-12(2)13(3)30-17(28)27-7-5-4-6-18(21,22)23/h8-9H,4-7,10H2,1-3H3/b27-17-. The van der Waals surface area contributed by atoms with Crippen molar-refractivity contribution in [2.24, 2.45) is 4.99 Å². The number of benzene rings is 1. The topological polar surface area (TPSA) is 40.3 Å². The Labute approximate surface area is 181 Å². The minimum absolute atomic E-state index is 0.0792. The normalized spacial score (nSPS) is 14.4. The maximum absolute atomic E-state index is 14.8. The maximum atomic E-state index is 14.8. The van der Waals surface area contributed by atoms with Crippen LogP contribution in [0.5, 0.6) is 0 Å². The van der Waals surface area contributed by atoms with Crippen molar-refractivity contribution in [3.63, 3.8) is 0 Å². The average Bonchev–Trinajstić information content (AvgIpc) is 2.86. The van der Waals surface area contributed by atoms with E-state index in [1.54, 1.807) is 13.8 Å². The molecule has 0 N–H and O–H groups in total. The summed E-state index contributed by atoms with van der Waals surface area (Å²) in [5.74, 6) is -2.29. The molecule has 31 heavy (non-hydrogen) atoms. The first-order valence-corrected chi connectivity index (χ1v) is 11.3. The number of hydrogen-bond donors (Lipinski definition) is 0. The third kappa shape index (κ3) is 7.25. The number of rotatable bonds is 7. The Balaban J connectivity index is 2.42. The Kier molecular flexibility index (Phi) is 8.26. The summed E-state index contributed by atoms with van der Waals surface area (Å²) in [5.41, 5.74) is 0.598. The predicted molar refractivity (Wildman–Crippen MR) is 105 cm³/mol. The van der Waals surface area contributed by atoms with Crippen LogP contribution in [-0.4, -0.2) is 33.8 Å². The molecule has 1 unspecified atom stereocenters. The Bertz CT molecular complexity index is 977. The van der Waals surface area contributed by atoms with Crippen LogP contribution in [-0.2, 0) is 11.2 Å². The number of halogens is 7. The molecule has 12 heteroatoms. The molecule has 0 saturated heterocycles. The average molecular weight is 491 g/mol. The van der Waals surface area contributed by atoms with Crippen LogP contribution in [0.15, 0.2) is 22.0 Å². The first-order chi connectivity index (χ1) is 14.2. The van der Waals surface area contributed by atoms with Gasteiger partial charge in [0, 0.05) is 35.2 Å². The van der Waals surface area contributed by atoms with Gasteiger partial charge in [-0.25, -0.2) is 4.39 Å². The zero-order valence-corrected chi connectivity index (χ0v) is 18.6. The number of unbranched alkanes of at least 4 members (excludes halogenated alkanes) is 1. The lowest BCUT2D eigenvalue weighted by molar-refractivity contribution is -0.135. The van der Waals surface area contributed by atoms with Gasteiger partial charge in [-0.1, -0.05) is 0 Å². The van der Waals surface area contributed by atoms with Gasteiger partial charge in [-0.15, -0.1) is 11.3 Å². The first-order valence-electron chi connectivity index (χ1n) is 9.21. The molecule has 1 aromatic heterocycles. The SMILES string of the molecule is Cc1cc(F)c(-n2c(C)c(C)s/c2=N\CCCCC(F)(F)F)cc1[S+]([O-])CC(F)(F)F. The van der Waals surface area contributed by atoms with Crippen LogP contribution in [0.1, 0.15) is 35.4 Å². The van der Waals surface area contributed by atoms with Crippen molar-refractivity contribution in [1.29, 1.82) is 0 Å². The van der Waals surface area contributed by atoms with Crippen molar-refractivity contribution in [2.75, 3.05) is 12.3 Å².